The van der Waals surface area contributed by atoms with Crippen LogP contribution in [0.15, 0.2) is 71.5 Å². The second-order valence-corrected chi connectivity index (χ2v) is 8.88. The Bertz CT molecular complexity index is 1290. The van der Waals surface area contributed by atoms with E-state index >= 15 is 0 Å². The number of ether oxygens (including phenoxy) is 1. The van der Waals surface area contributed by atoms with Crippen LogP contribution in [0.1, 0.15) is 18.0 Å². The number of halogens is 1. The summed E-state index contributed by atoms with van der Waals surface area (Å²) >= 11 is 0. The molecule has 0 aliphatic carbocycles. The van der Waals surface area contributed by atoms with Gasteiger partial charge < -0.3 is 24.8 Å². The van der Waals surface area contributed by atoms with E-state index in [2.05, 4.69) is 10.6 Å². The van der Waals surface area contributed by atoms with Crippen LogP contribution in [0.25, 0.3) is 0 Å². The van der Waals surface area contributed by atoms with Crippen molar-refractivity contribution in [2.75, 3.05) is 30.3 Å². The first kappa shape index (κ1) is 22.6. The van der Waals surface area contributed by atoms with E-state index < -0.39 is 5.91 Å². The van der Waals surface area contributed by atoms with Gasteiger partial charge in [0.15, 0.2) is 6.61 Å². The van der Waals surface area contributed by atoms with Crippen LogP contribution in [0.4, 0.5) is 20.6 Å². The lowest BCUT2D eigenvalue weighted by atomic mass is 9.83. The van der Waals surface area contributed by atoms with Gasteiger partial charge in [0.2, 0.25) is 0 Å². The zero-order valence-corrected chi connectivity index (χ0v) is 18.9. The summed E-state index contributed by atoms with van der Waals surface area (Å²) in [6.07, 6.45) is 0.885. The monoisotopic (exact) mass is 476 g/mol. The average Bonchev–Trinajstić information content (AvgIpc) is 2.86. The molecule has 3 aromatic rings. The molecule has 0 unspecified atom stereocenters. The van der Waals surface area contributed by atoms with Gasteiger partial charge in [-0.05, 0) is 60.9 Å². The molecule has 2 aromatic carbocycles. The number of carbonyl (C=O) groups is 2. The molecule has 35 heavy (non-hydrogen) atoms. The van der Waals surface area contributed by atoms with E-state index in [1.54, 1.807) is 27.7 Å². The molecule has 0 spiro atoms. The van der Waals surface area contributed by atoms with Crippen LogP contribution in [0.2, 0.25) is 0 Å². The highest BCUT2D eigenvalue weighted by molar-refractivity contribution is 5.91. The van der Waals surface area contributed by atoms with Crippen LogP contribution < -0.4 is 20.9 Å². The third-order valence-corrected chi connectivity index (χ3v) is 6.37. The first-order valence-electron chi connectivity index (χ1n) is 11.5. The standard InChI is InChI=1S/C26H25FN4O4/c27-19-6-8-20(9-7-19)28-26(34)30-13-17-12-18(15-30)23-11-10-22(25(33)31(23)14-17)29-24(32)16-35-21-4-2-1-3-5-21/h1-11,17-18H,12-16H2,(H,28,34)(H,29,32)/t17-,18-/m1/s1. The third-order valence-electron chi connectivity index (χ3n) is 6.37. The fourth-order valence-corrected chi connectivity index (χ4v) is 4.79. The topological polar surface area (TPSA) is 92.7 Å². The van der Waals surface area contributed by atoms with Gasteiger partial charge >= 0.3 is 6.03 Å². The minimum atomic E-state index is -0.411. The fraction of sp³-hybridized carbons (Fsp3) is 0.269. The molecular weight excluding hydrogens is 451 g/mol. The quantitative estimate of drug-likeness (QED) is 0.588. The number of anilines is 2. The van der Waals surface area contributed by atoms with Gasteiger partial charge in [-0.25, -0.2) is 9.18 Å². The summed E-state index contributed by atoms with van der Waals surface area (Å²) in [6, 6.07) is 17.8. The molecule has 2 aliphatic rings. The predicted molar refractivity (Wildman–Crippen MR) is 129 cm³/mol. The van der Waals surface area contributed by atoms with Crippen LogP contribution in [0.3, 0.4) is 0 Å². The molecular formula is C26H25FN4O4. The number of fused-ring (bicyclic) bond motifs is 4. The van der Waals surface area contributed by atoms with Crippen molar-refractivity contribution in [2.24, 2.45) is 5.92 Å². The number of nitrogens with zero attached hydrogens (tertiary/aromatic N) is 2. The van der Waals surface area contributed by atoms with Gasteiger partial charge in [0, 0.05) is 36.9 Å². The number of urea groups is 1. The van der Waals surface area contributed by atoms with Crippen molar-refractivity contribution < 1.29 is 18.7 Å². The SMILES string of the molecule is O=C(COc1ccccc1)Nc1ccc2n(c1=O)C[C@@H]1C[C@@H]2CN(C(=O)Nc2ccc(F)cc2)C1. The summed E-state index contributed by atoms with van der Waals surface area (Å²) in [5, 5.41) is 5.47. The molecule has 9 heteroatoms. The summed E-state index contributed by atoms with van der Waals surface area (Å²) in [5.41, 5.74) is 1.33. The van der Waals surface area contributed by atoms with Crippen molar-refractivity contribution in [1.82, 2.24) is 9.47 Å². The van der Waals surface area contributed by atoms with E-state index in [9.17, 15) is 18.8 Å². The highest BCUT2D eigenvalue weighted by Gasteiger charge is 2.36. The molecule has 0 radical (unpaired) electrons. The summed E-state index contributed by atoms with van der Waals surface area (Å²) in [7, 11) is 0. The number of likely N-dealkylation sites (tertiary alicyclic amines) is 1. The Hall–Kier alpha value is -4.14. The first-order chi connectivity index (χ1) is 17.0. The Morgan fingerprint density at radius 2 is 1.71 bits per heavy atom. The summed E-state index contributed by atoms with van der Waals surface area (Å²) in [6.45, 7) is 1.25. The highest BCUT2D eigenvalue weighted by Crippen LogP contribution is 2.35. The summed E-state index contributed by atoms with van der Waals surface area (Å²) in [4.78, 5) is 40.0. The molecule has 2 atom stereocenters. The zero-order valence-electron chi connectivity index (χ0n) is 18.9. The Morgan fingerprint density at radius 1 is 0.943 bits per heavy atom. The smallest absolute Gasteiger partial charge is 0.321 e. The van der Waals surface area contributed by atoms with Crippen LogP contribution >= 0.6 is 0 Å². The summed E-state index contributed by atoms with van der Waals surface area (Å²) in [5.74, 6) is -0.0701. The van der Waals surface area contributed by atoms with E-state index in [1.165, 1.54) is 24.3 Å². The number of benzene rings is 2. The number of hydrogen-bond donors (Lipinski definition) is 2. The van der Waals surface area contributed by atoms with E-state index in [0.717, 1.165) is 12.1 Å². The van der Waals surface area contributed by atoms with Gasteiger partial charge in [-0.15, -0.1) is 0 Å². The molecule has 3 heterocycles. The molecule has 0 saturated carbocycles. The van der Waals surface area contributed by atoms with Crippen molar-refractivity contribution in [3.63, 3.8) is 0 Å². The highest BCUT2D eigenvalue weighted by atomic mass is 19.1. The lowest BCUT2D eigenvalue weighted by molar-refractivity contribution is -0.118. The minimum absolute atomic E-state index is 0.0142. The van der Waals surface area contributed by atoms with Crippen molar-refractivity contribution in [2.45, 2.75) is 18.9 Å². The molecule has 5 rings (SSSR count). The lowest BCUT2D eigenvalue weighted by Gasteiger charge is -2.42. The van der Waals surface area contributed by atoms with E-state index in [1.807, 2.05) is 24.3 Å². The third kappa shape index (κ3) is 5.03. The van der Waals surface area contributed by atoms with E-state index in [-0.39, 0.29) is 41.5 Å². The fourth-order valence-electron chi connectivity index (χ4n) is 4.79. The predicted octanol–water partition coefficient (Wildman–Crippen LogP) is 3.66. The molecule has 1 fully saturated rings. The molecule has 1 saturated heterocycles. The minimum Gasteiger partial charge on any atom is -0.484 e. The van der Waals surface area contributed by atoms with Crippen molar-refractivity contribution in [3.05, 3.63) is 88.6 Å². The molecule has 8 nitrogen and oxygen atoms in total. The van der Waals surface area contributed by atoms with Crippen molar-refractivity contribution >= 4 is 23.3 Å². The Morgan fingerprint density at radius 3 is 2.49 bits per heavy atom. The van der Waals surface area contributed by atoms with Crippen molar-refractivity contribution in [3.8, 4) is 5.75 Å². The molecule has 1 aromatic heterocycles. The maximum absolute atomic E-state index is 13.1. The number of aromatic nitrogens is 1. The first-order valence-corrected chi connectivity index (χ1v) is 11.5. The average molecular weight is 477 g/mol. The van der Waals surface area contributed by atoms with E-state index in [0.29, 0.717) is 31.1 Å². The summed E-state index contributed by atoms with van der Waals surface area (Å²) < 4.78 is 20.3. The second kappa shape index (κ2) is 9.61. The molecule has 2 aliphatic heterocycles. The lowest BCUT2D eigenvalue weighted by Crippen LogP contribution is -2.50. The largest absolute Gasteiger partial charge is 0.484 e. The number of hydrogen-bond acceptors (Lipinski definition) is 4. The number of piperidine rings is 1. The van der Waals surface area contributed by atoms with Gasteiger partial charge in [-0.2, -0.15) is 0 Å². The van der Waals surface area contributed by atoms with Gasteiger partial charge in [-0.3, -0.25) is 9.59 Å². The zero-order chi connectivity index (χ0) is 24.4. The molecule has 2 N–H and O–H groups in total. The Kier molecular flexibility index (Phi) is 6.22. The number of carbonyl (C=O) groups excluding carboxylic acids is 2. The maximum Gasteiger partial charge on any atom is 0.321 e. The van der Waals surface area contributed by atoms with Crippen LogP contribution in [0.5, 0.6) is 5.75 Å². The number of nitrogens with one attached hydrogen (secondary N) is 2. The van der Waals surface area contributed by atoms with Crippen LogP contribution in [-0.4, -0.2) is 41.1 Å². The van der Waals surface area contributed by atoms with Crippen LogP contribution in [0, 0.1) is 11.7 Å². The normalized spacial score (nSPS) is 18.4. The number of pyridine rings is 1. The molecule has 180 valence electrons. The van der Waals surface area contributed by atoms with Crippen molar-refractivity contribution in [1.29, 1.82) is 0 Å². The van der Waals surface area contributed by atoms with Gasteiger partial charge in [0.1, 0.15) is 17.3 Å². The van der Waals surface area contributed by atoms with Gasteiger partial charge in [-0.1, -0.05) is 18.2 Å². The van der Waals surface area contributed by atoms with Gasteiger partial charge in [0.05, 0.1) is 0 Å². The van der Waals surface area contributed by atoms with Crippen LogP contribution in [-0.2, 0) is 11.3 Å². The Labute approximate surface area is 201 Å². The second-order valence-electron chi connectivity index (χ2n) is 8.88. The van der Waals surface area contributed by atoms with Gasteiger partial charge in [0.25, 0.3) is 11.5 Å². The number of amides is 3. The maximum atomic E-state index is 13.1. The number of rotatable bonds is 5. The van der Waals surface area contributed by atoms with E-state index in [4.69, 9.17) is 4.74 Å². The molecule has 3 amide bonds. The number of para-hydroxylation sites is 1. The Balaban J connectivity index is 1.25. The molecule has 2 bridgehead atoms.